The van der Waals surface area contributed by atoms with Crippen molar-refractivity contribution in [2.24, 2.45) is 5.16 Å². The van der Waals surface area contributed by atoms with Gasteiger partial charge in [-0.25, -0.2) is 9.67 Å². The fourth-order valence-corrected chi connectivity index (χ4v) is 6.11. The summed E-state index contributed by atoms with van der Waals surface area (Å²) in [5.41, 5.74) is 1.19. The maximum atomic E-state index is 14.2. The standard InChI is InChI=1S/C28H41N9O4/c1-4-37-25-22(19-30-37)24(31-20-5-15-40-16-6-20)21(18-29-25)23-17-28(41-32-23,26(38)35-11-7-33(2)8-12-35)27(39)36-13-9-34(3)10-14-36/h18-20H,4-17H2,1-3H3,(H,29,31). The lowest BCUT2D eigenvalue weighted by Gasteiger charge is -2.40. The first-order valence-corrected chi connectivity index (χ1v) is 14.8. The summed E-state index contributed by atoms with van der Waals surface area (Å²) < 4.78 is 7.44. The van der Waals surface area contributed by atoms with Gasteiger partial charge in [0, 0.05) is 89.9 Å². The van der Waals surface area contributed by atoms with Gasteiger partial charge < -0.3 is 34.5 Å². The van der Waals surface area contributed by atoms with Crippen LogP contribution >= 0.6 is 0 Å². The second kappa shape index (κ2) is 11.5. The third kappa shape index (κ3) is 5.26. The van der Waals surface area contributed by atoms with E-state index in [-0.39, 0.29) is 24.3 Å². The Kier molecular flexibility index (Phi) is 7.84. The minimum Gasteiger partial charge on any atom is -0.381 e. The van der Waals surface area contributed by atoms with Crippen molar-refractivity contribution in [1.82, 2.24) is 34.4 Å². The van der Waals surface area contributed by atoms with Crippen LogP contribution in [0.15, 0.2) is 17.5 Å². The maximum Gasteiger partial charge on any atom is 0.297 e. The molecule has 4 aliphatic heterocycles. The molecular weight excluding hydrogens is 526 g/mol. The normalized spacial score (nSPS) is 22.6. The zero-order chi connectivity index (χ0) is 28.6. The number of likely N-dealkylation sites (N-methyl/N-ethyl adjacent to an activating group) is 2. The molecule has 0 bridgehead atoms. The number of hydrogen-bond donors (Lipinski definition) is 1. The zero-order valence-electron chi connectivity index (χ0n) is 24.3. The molecule has 13 nitrogen and oxygen atoms in total. The highest BCUT2D eigenvalue weighted by atomic mass is 16.7. The van der Waals surface area contributed by atoms with Crippen LogP contribution in [0.1, 0.15) is 31.7 Å². The summed E-state index contributed by atoms with van der Waals surface area (Å²) in [6.07, 6.45) is 5.41. The molecule has 1 N–H and O–H groups in total. The van der Waals surface area contributed by atoms with Gasteiger partial charge in [0.05, 0.1) is 29.4 Å². The second-order valence-electron chi connectivity index (χ2n) is 11.6. The van der Waals surface area contributed by atoms with Crippen LogP contribution < -0.4 is 5.32 Å². The summed E-state index contributed by atoms with van der Waals surface area (Å²) in [7, 11) is 4.08. The van der Waals surface area contributed by atoms with Crippen LogP contribution in [0.25, 0.3) is 11.0 Å². The Bertz CT molecular complexity index is 1270. The summed E-state index contributed by atoms with van der Waals surface area (Å²) in [4.78, 5) is 47.1. The van der Waals surface area contributed by atoms with Gasteiger partial charge >= 0.3 is 0 Å². The number of fused-ring (bicyclic) bond motifs is 1. The first kappa shape index (κ1) is 27.9. The number of aromatic nitrogens is 3. The fourth-order valence-electron chi connectivity index (χ4n) is 6.11. The van der Waals surface area contributed by atoms with Gasteiger partial charge in [0.25, 0.3) is 17.4 Å². The zero-order valence-corrected chi connectivity index (χ0v) is 24.3. The van der Waals surface area contributed by atoms with Crippen molar-refractivity contribution < 1.29 is 19.2 Å². The van der Waals surface area contributed by atoms with Crippen LogP contribution in [0.5, 0.6) is 0 Å². The van der Waals surface area contributed by atoms with Crippen molar-refractivity contribution in [2.45, 2.75) is 44.4 Å². The van der Waals surface area contributed by atoms with E-state index in [1.165, 1.54) is 0 Å². The molecule has 3 fully saturated rings. The molecule has 6 rings (SSSR count). The van der Waals surface area contributed by atoms with E-state index in [9.17, 15) is 9.59 Å². The van der Waals surface area contributed by atoms with Gasteiger partial charge in [-0.15, -0.1) is 0 Å². The molecule has 6 heterocycles. The number of aryl methyl sites for hydroxylation is 1. The van der Waals surface area contributed by atoms with Crippen LogP contribution in [0, 0.1) is 0 Å². The molecule has 0 aliphatic carbocycles. The van der Waals surface area contributed by atoms with Crippen molar-refractivity contribution in [3.8, 4) is 0 Å². The lowest BCUT2D eigenvalue weighted by Crippen LogP contribution is -2.63. The average molecular weight is 568 g/mol. The van der Waals surface area contributed by atoms with Gasteiger partial charge in [-0.05, 0) is 33.9 Å². The number of oxime groups is 1. The minimum absolute atomic E-state index is 0.0565. The van der Waals surface area contributed by atoms with Gasteiger partial charge in [-0.2, -0.15) is 5.10 Å². The lowest BCUT2D eigenvalue weighted by atomic mass is 9.90. The molecule has 222 valence electrons. The quantitative estimate of drug-likeness (QED) is 0.496. The molecule has 4 aliphatic rings. The molecule has 0 atom stereocenters. The van der Waals surface area contributed by atoms with Crippen LogP contribution in [0.4, 0.5) is 5.69 Å². The largest absolute Gasteiger partial charge is 0.381 e. The van der Waals surface area contributed by atoms with Gasteiger partial charge in [0.15, 0.2) is 5.65 Å². The number of carbonyl (C=O) groups excluding carboxylic acids is 2. The Morgan fingerprint density at radius 1 is 0.951 bits per heavy atom. The van der Waals surface area contributed by atoms with E-state index in [1.54, 1.807) is 16.0 Å². The third-order valence-electron chi connectivity index (χ3n) is 8.85. The van der Waals surface area contributed by atoms with E-state index in [0.29, 0.717) is 51.6 Å². The molecule has 2 aromatic heterocycles. The molecule has 13 heteroatoms. The second-order valence-corrected chi connectivity index (χ2v) is 11.6. The molecule has 2 amide bonds. The number of amides is 2. The fraction of sp³-hybridized carbons (Fsp3) is 0.679. The smallest absolute Gasteiger partial charge is 0.297 e. The molecule has 0 saturated carbocycles. The topological polar surface area (TPSA) is 121 Å². The number of piperazine rings is 2. The van der Waals surface area contributed by atoms with Crippen LogP contribution in [0.2, 0.25) is 0 Å². The van der Waals surface area contributed by atoms with Crippen molar-refractivity contribution >= 4 is 34.2 Å². The highest BCUT2D eigenvalue weighted by Gasteiger charge is 2.57. The Balaban J connectivity index is 1.35. The number of ether oxygens (including phenoxy) is 1. The van der Waals surface area contributed by atoms with Crippen LogP contribution in [-0.4, -0.2) is 143 Å². The number of hydrogen-bond acceptors (Lipinski definition) is 10. The third-order valence-corrected chi connectivity index (χ3v) is 8.85. The predicted octanol–water partition coefficient (Wildman–Crippen LogP) is 0.453. The number of nitrogens with one attached hydrogen (secondary N) is 1. The van der Waals surface area contributed by atoms with Crippen molar-refractivity contribution in [2.75, 3.05) is 85.0 Å². The van der Waals surface area contributed by atoms with E-state index >= 15 is 0 Å². The first-order valence-electron chi connectivity index (χ1n) is 14.8. The number of pyridine rings is 1. The molecule has 0 spiro atoms. The van der Waals surface area contributed by atoms with Gasteiger partial charge in [0.1, 0.15) is 0 Å². The van der Waals surface area contributed by atoms with Crippen LogP contribution in [-0.2, 0) is 25.7 Å². The van der Waals surface area contributed by atoms with E-state index in [1.807, 2.05) is 31.9 Å². The lowest BCUT2D eigenvalue weighted by molar-refractivity contribution is -0.173. The molecular formula is C28H41N9O4. The molecule has 0 unspecified atom stereocenters. The highest BCUT2D eigenvalue weighted by molar-refractivity contribution is 6.18. The van der Waals surface area contributed by atoms with Gasteiger partial charge in [-0.1, -0.05) is 5.16 Å². The SMILES string of the molecule is CCn1ncc2c(NC3CCOCC3)c(C3=NOC(C(=O)N4CCN(C)CC4)(C(=O)N4CCN(C)CC4)C3)cnc21. The van der Waals surface area contributed by atoms with E-state index in [2.05, 4.69) is 25.4 Å². The Morgan fingerprint density at radius 2 is 1.56 bits per heavy atom. The average Bonchev–Trinajstić information content (AvgIpc) is 3.64. The van der Waals surface area contributed by atoms with Crippen LogP contribution in [0.3, 0.4) is 0 Å². The Hall–Kier alpha value is -3.29. The first-order chi connectivity index (χ1) is 19.9. The van der Waals surface area contributed by atoms with E-state index < -0.39 is 5.60 Å². The van der Waals surface area contributed by atoms with Crippen molar-refractivity contribution in [3.63, 3.8) is 0 Å². The monoisotopic (exact) mass is 567 g/mol. The molecule has 41 heavy (non-hydrogen) atoms. The predicted molar refractivity (Wildman–Crippen MR) is 154 cm³/mol. The summed E-state index contributed by atoms with van der Waals surface area (Å²) in [5.74, 6) is -0.611. The van der Waals surface area contributed by atoms with E-state index in [0.717, 1.165) is 61.3 Å². The maximum absolute atomic E-state index is 14.2. The van der Waals surface area contributed by atoms with E-state index in [4.69, 9.17) is 14.6 Å². The van der Waals surface area contributed by atoms with Crippen molar-refractivity contribution in [3.05, 3.63) is 18.0 Å². The molecule has 0 radical (unpaired) electrons. The van der Waals surface area contributed by atoms with Crippen molar-refractivity contribution in [1.29, 1.82) is 0 Å². The van der Waals surface area contributed by atoms with Gasteiger partial charge in [-0.3, -0.25) is 9.59 Å². The molecule has 3 saturated heterocycles. The Labute approximate surface area is 240 Å². The summed E-state index contributed by atoms with van der Waals surface area (Å²) in [5, 5.41) is 13.6. The number of anilines is 1. The minimum atomic E-state index is -1.72. The van der Waals surface area contributed by atoms with Gasteiger partial charge in [0.2, 0.25) is 0 Å². The molecule has 2 aromatic rings. The number of carbonyl (C=O) groups is 2. The number of nitrogens with zero attached hydrogens (tertiary/aromatic N) is 8. The molecule has 0 aromatic carbocycles. The summed E-state index contributed by atoms with van der Waals surface area (Å²) >= 11 is 0. The Morgan fingerprint density at radius 3 is 2.15 bits per heavy atom. The summed E-state index contributed by atoms with van der Waals surface area (Å²) in [6, 6.07) is 0.213. The number of rotatable bonds is 6. The summed E-state index contributed by atoms with van der Waals surface area (Å²) in [6.45, 7) is 9.31. The highest BCUT2D eigenvalue weighted by Crippen LogP contribution is 2.36.